The minimum Gasteiger partial charge on any atom is -0.458 e. The van der Waals surface area contributed by atoms with E-state index in [1.54, 1.807) is 0 Å². The van der Waals surface area contributed by atoms with Crippen molar-refractivity contribution >= 4 is 11.8 Å². The summed E-state index contributed by atoms with van der Waals surface area (Å²) in [5.41, 5.74) is 1.95. The van der Waals surface area contributed by atoms with Crippen LogP contribution in [0.15, 0.2) is 42.0 Å². The third-order valence-corrected chi connectivity index (χ3v) is 10.9. The fourth-order valence-electron chi connectivity index (χ4n) is 9.02. The predicted octanol–water partition coefficient (Wildman–Crippen LogP) is 6.38. The summed E-state index contributed by atoms with van der Waals surface area (Å²) in [6.45, 7) is 7.38. The van der Waals surface area contributed by atoms with Gasteiger partial charge in [-0.25, -0.2) is 4.79 Å². The van der Waals surface area contributed by atoms with Crippen molar-refractivity contribution in [1.82, 2.24) is 0 Å². The SMILES string of the molecule is C[C@H](CCCO)[C@H]1CC[C@H]2[C@@H]3CCC4=[13CH][13C](=O)CC[C@]4(C)[C@H]3C[C@H](OC(=O)c3ccccc3)[C@]12C. The molecular formula is C31H42O4. The highest BCUT2D eigenvalue weighted by molar-refractivity contribution is 5.91. The van der Waals surface area contributed by atoms with Crippen molar-refractivity contribution in [1.29, 1.82) is 0 Å². The van der Waals surface area contributed by atoms with E-state index in [2.05, 4.69) is 20.8 Å². The lowest BCUT2D eigenvalue weighted by Crippen LogP contribution is -2.58. The average molecular weight is 481 g/mol. The quantitative estimate of drug-likeness (QED) is 0.379. The second-order valence-corrected chi connectivity index (χ2v) is 12.4. The molecule has 4 nitrogen and oxygen atoms in total. The van der Waals surface area contributed by atoms with Crippen LogP contribution >= 0.6 is 0 Å². The Kier molecular flexibility index (Phi) is 6.72. The zero-order valence-electron chi connectivity index (χ0n) is 21.7. The first-order chi connectivity index (χ1) is 16.8. The standard InChI is InChI=1S/C31H42O4/c1-20(8-7-17-32)25-13-14-26-24-12-11-22-18-23(33)15-16-30(22,2)27(24)19-28(31(25,26)3)35-29(34)21-9-5-4-6-10-21/h4-6,9-10,18,20,24-28,32H,7-8,11-17,19H2,1-3H3/t20-,24+,25-,26+,27+,28+,30+,31-/m1/s1/i18+1,23+1. The summed E-state index contributed by atoms with van der Waals surface area (Å²) in [6, 6.07) is 9.41. The Bertz CT molecular complexity index is 983. The molecule has 1 N–H and O–H groups in total. The molecule has 0 amide bonds. The number of ether oxygens (including phenoxy) is 1. The van der Waals surface area contributed by atoms with E-state index in [1.807, 2.05) is 36.4 Å². The topological polar surface area (TPSA) is 63.6 Å². The number of rotatable bonds is 6. The van der Waals surface area contributed by atoms with Gasteiger partial charge in [-0.3, -0.25) is 4.79 Å². The molecule has 0 aliphatic heterocycles. The summed E-state index contributed by atoms with van der Waals surface area (Å²) in [4.78, 5) is 25.6. The van der Waals surface area contributed by atoms with Crippen LogP contribution in [0.2, 0.25) is 0 Å². The summed E-state index contributed by atoms with van der Waals surface area (Å²) in [7, 11) is 0. The summed E-state index contributed by atoms with van der Waals surface area (Å²) < 4.78 is 6.50. The molecule has 0 radical (unpaired) electrons. The Labute approximate surface area is 210 Å². The van der Waals surface area contributed by atoms with Gasteiger partial charge >= 0.3 is 5.97 Å². The molecule has 1 aromatic carbocycles. The number of fused-ring (bicyclic) bond motifs is 5. The Morgan fingerprint density at radius 1 is 1.11 bits per heavy atom. The van der Waals surface area contributed by atoms with E-state index in [9.17, 15) is 14.7 Å². The van der Waals surface area contributed by atoms with E-state index >= 15 is 0 Å². The monoisotopic (exact) mass is 480 g/mol. The molecule has 4 aliphatic rings. The normalized spacial score (nSPS) is 39.1. The van der Waals surface area contributed by atoms with Crippen LogP contribution in [0.25, 0.3) is 0 Å². The Morgan fingerprint density at radius 3 is 2.63 bits per heavy atom. The maximum absolute atomic E-state index is 13.3. The first-order valence-electron chi connectivity index (χ1n) is 13.9. The predicted molar refractivity (Wildman–Crippen MR) is 137 cm³/mol. The molecule has 3 saturated carbocycles. The van der Waals surface area contributed by atoms with Gasteiger partial charge in [-0.2, -0.15) is 0 Å². The number of benzene rings is 1. The second kappa shape index (κ2) is 9.50. The maximum Gasteiger partial charge on any atom is 0.338 e. The van der Waals surface area contributed by atoms with Crippen LogP contribution in [0.1, 0.15) is 88.9 Å². The lowest BCUT2D eigenvalue weighted by atomic mass is 9.46. The van der Waals surface area contributed by atoms with Crippen molar-refractivity contribution in [2.45, 2.75) is 84.7 Å². The maximum atomic E-state index is 13.3. The number of aliphatic hydroxyl groups excluding tert-OH is 1. The van der Waals surface area contributed by atoms with E-state index in [0.29, 0.717) is 41.6 Å². The zero-order valence-corrected chi connectivity index (χ0v) is 21.7. The number of ketones is 1. The number of allylic oxidation sites excluding steroid dienone is 1. The van der Waals surface area contributed by atoms with Gasteiger partial charge in [0.2, 0.25) is 0 Å². The summed E-state index contributed by atoms with van der Waals surface area (Å²) >= 11 is 0. The fraction of sp³-hybridized carbons (Fsp3) is 0.677. The van der Waals surface area contributed by atoms with Crippen LogP contribution in [0.3, 0.4) is 0 Å². The minimum absolute atomic E-state index is 0.0378. The van der Waals surface area contributed by atoms with E-state index in [-0.39, 0.29) is 35.3 Å². The Hall–Kier alpha value is -1.94. The smallest absolute Gasteiger partial charge is 0.338 e. The van der Waals surface area contributed by atoms with Gasteiger partial charge in [-0.05, 0) is 105 Å². The Morgan fingerprint density at radius 2 is 1.89 bits per heavy atom. The van der Waals surface area contributed by atoms with Gasteiger partial charge < -0.3 is 9.84 Å². The van der Waals surface area contributed by atoms with E-state index < -0.39 is 0 Å². The largest absolute Gasteiger partial charge is 0.458 e. The summed E-state index contributed by atoms with van der Waals surface area (Å²) in [5, 5.41) is 9.46. The van der Waals surface area contributed by atoms with E-state index in [1.165, 1.54) is 18.4 Å². The van der Waals surface area contributed by atoms with Crippen LogP contribution in [-0.4, -0.2) is 29.6 Å². The number of carbonyl (C=O) groups is 2. The molecule has 8 atom stereocenters. The molecule has 1 aromatic rings. The number of hydrogen-bond acceptors (Lipinski definition) is 4. The van der Waals surface area contributed by atoms with Gasteiger partial charge in [-0.1, -0.05) is 44.5 Å². The molecule has 0 saturated heterocycles. The molecular weight excluding hydrogens is 438 g/mol. The first kappa shape index (κ1) is 24.7. The number of carbonyl (C=O) groups excluding carboxylic acids is 2. The van der Waals surface area contributed by atoms with Crippen molar-refractivity contribution in [3.8, 4) is 0 Å². The van der Waals surface area contributed by atoms with Gasteiger partial charge in [0.25, 0.3) is 0 Å². The molecule has 0 spiro atoms. The van der Waals surface area contributed by atoms with Gasteiger partial charge in [0.05, 0.1) is 5.56 Å². The zero-order chi connectivity index (χ0) is 24.8. The van der Waals surface area contributed by atoms with Crippen molar-refractivity contribution in [2.75, 3.05) is 6.61 Å². The highest BCUT2D eigenvalue weighted by Gasteiger charge is 2.64. The highest BCUT2D eigenvalue weighted by Crippen LogP contribution is 2.68. The molecule has 0 heterocycles. The third-order valence-electron chi connectivity index (χ3n) is 10.9. The lowest BCUT2D eigenvalue weighted by molar-refractivity contribution is -0.144. The van der Waals surface area contributed by atoms with Crippen molar-refractivity contribution in [3.63, 3.8) is 0 Å². The molecule has 0 unspecified atom stereocenters. The molecule has 190 valence electrons. The van der Waals surface area contributed by atoms with Gasteiger partial charge in [0.1, 0.15) is 6.10 Å². The minimum atomic E-state index is -0.210. The van der Waals surface area contributed by atoms with Gasteiger partial charge in [0, 0.05) is 18.4 Å². The molecule has 0 aromatic heterocycles. The molecule has 3 fully saturated rings. The molecule has 5 rings (SSSR count). The first-order valence-corrected chi connectivity index (χ1v) is 13.9. The highest BCUT2D eigenvalue weighted by atomic mass is 16.5. The van der Waals surface area contributed by atoms with Crippen LogP contribution < -0.4 is 0 Å². The van der Waals surface area contributed by atoms with Crippen LogP contribution in [0.5, 0.6) is 0 Å². The van der Waals surface area contributed by atoms with Gasteiger partial charge in [0.15, 0.2) is 5.78 Å². The summed E-state index contributed by atoms with van der Waals surface area (Å²) in [5.74, 6) is 2.67. The third kappa shape index (κ3) is 4.10. The average Bonchev–Trinajstić information content (AvgIpc) is 3.22. The van der Waals surface area contributed by atoms with Crippen LogP contribution in [0, 0.1) is 40.4 Å². The molecule has 35 heavy (non-hydrogen) atoms. The summed E-state index contributed by atoms with van der Waals surface area (Å²) in [6.07, 6.45) is 10.7. The van der Waals surface area contributed by atoms with Crippen molar-refractivity contribution in [3.05, 3.63) is 47.5 Å². The molecule has 4 heteroatoms. The van der Waals surface area contributed by atoms with Crippen molar-refractivity contribution < 1.29 is 19.4 Å². The van der Waals surface area contributed by atoms with E-state index in [4.69, 9.17) is 4.74 Å². The van der Waals surface area contributed by atoms with Crippen LogP contribution in [0.4, 0.5) is 0 Å². The van der Waals surface area contributed by atoms with Crippen LogP contribution in [-0.2, 0) is 9.53 Å². The number of aliphatic hydroxyl groups is 1. The van der Waals surface area contributed by atoms with Gasteiger partial charge in [-0.15, -0.1) is 0 Å². The van der Waals surface area contributed by atoms with E-state index in [0.717, 1.165) is 38.5 Å². The number of hydrogen-bond donors (Lipinski definition) is 1. The van der Waals surface area contributed by atoms with Crippen molar-refractivity contribution in [2.24, 2.45) is 40.4 Å². The fourth-order valence-corrected chi connectivity index (χ4v) is 9.02. The Balaban J connectivity index is 1.50. The second-order valence-electron chi connectivity index (χ2n) is 12.4. The number of esters is 1. The molecule has 4 aliphatic carbocycles. The molecule has 0 bridgehead atoms. The lowest BCUT2D eigenvalue weighted by Gasteiger charge is -2.60.